The number of ether oxygens (including phenoxy) is 2. The first-order valence-electron chi connectivity index (χ1n) is 8.78. The van der Waals surface area contributed by atoms with Crippen LogP contribution < -0.4 is 14.8 Å². The number of hydrogen-bond acceptors (Lipinski definition) is 4. The molecule has 0 aliphatic carbocycles. The molecule has 0 atom stereocenters. The number of fused-ring (bicyclic) bond motifs is 1. The number of pyridine rings is 1. The second-order valence-electron chi connectivity index (χ2n) is 5.74. The summed E-state index contributed by atoms with van der Waals surface area (Å²) in [5.41, 5.74) is 1.92. The smallest absolute Gasteiger partial charge is 0.259 e. The van der Waals surface area contributed by atoms with E-state index in [-0.39, 0.29) is 5.91 Å². The highest BCUT2D eigenvalue weighted by Gasteiger charge is 2.15. The Morgan fingerprint density at radius 1 is 1.00 bits per heavy atom. The summed E-state index contributed by atoms with van der Waals surface area (Å²) >= 11 is 0. The highest BCUT2D eigenvalue weighted by Crippen LogP contribution is 2.31. The quantitative estimate of drug-likeness (QED) is 0.672. The molecule has 3 rings (SSSR count). The Balaban J connectivity index is 1.93. The maximum Gasteiger partial charge on any atom is 0.259 e. The number of benzene rings is 2. The first-order valence-corrected chi connectivity index (χ1v) is 8.78. The van der Waals surface area contributed by atoms with Gasteiger partial charge in [0.05, 0.1) is 24.5 Å². The maximum atomic E-state index is 12.8. The molecule has 5 nitrogen and oxygen atoms in total. The Kier molecular flexibility index (Phi) is 5.69. The van der Waals surface area contributed by atoms with Crippen molar-refractivity contribution in [3.05, 3.63) is 60.3 Å². The lowest BCUT2D eigenvalue weighted by atomic mass is 10.1. The molecule has 0 aliphatic heterocycles. The number of nitrogens with zero attached hydrogens (tertiary/aromatic N) is 1. The molecule has 26 heavy (non-hydrogen) atoms. The van der Waals surface area contributed by atoms with Gasteiger partial charge in [0.25, 0.3) is 5.91 Å². The summed E-state index contributed by atoms with van der Waals surface area (Å²) in [6.07, 6.45) is 2.64. The van der Waals surface area contributed by atoms with E-state index in [4.69, 9.17) is 9.47 Å². The molecule has 0 fully saturated rings. The van der Waals surface area contributed by atoms with Gasteiger partial charge in [-0.3, -0.25) is 9.78 Å². The fourth-order valence-corrected chi connectivity index (χ4v) is 2.71. The Labute approximate surface area is 153 Å². The molecule has 0 radical (unpaired) electrons. The van der Waals surface area contributed by atoms with E-state index in [1.165, 1.54) is 0 Å². The molecule has 3 aromatic rings. The second kappa shape index (κ2) is 8.34. The van der Waals surface area contributed by atoms with Gasteiger partial charge in [0.15, 0.2) is 0 Å². The van der Waals surface area contributed by atoms with Crippen LogP contribution in [0.2, 0.25) is 0 Å². The number of para-hydroxylation sites is 1. The highest BCUT2D eigenvalue weighted by atomic mass is 16.5. The summed E-state index contributed by atoms with van der Waals surface area (Å²) in [5, 5.41) is 3.81. The van der Waals surface area contributed by atoms with Gasteiger partial charge in [0.1, 0.15) is 17.0 Å². The van der Waals surface area contributed by atoms with Gasteiger partial charge < -0.3 is 14.8 Å². The van der Waals surface area contributed by atoms with E-state index in [9.17, 15) is 4.79 Å². The minimum atomic E-state index is -0.221. The van der Waals surface area contributed by atoms with Crippen LogP contribution in [0.4, 0.5) is 5.69 Å². The van der Waals surface area contributed by atoms with Crippen LogP contribution in [0.1, 0.15) is 30.6 Å². The van der Waals surface area contributed by atoms with Gasteiger partial charge in [0.2, 0.25) is 0 Å². The van der Waals surface area contributed by atoms with Crippen molar-refractivity contribution in [1.29, 1.82) is 0 Å². The molecule has 0 aliphatic rings. The van der Waals surface area contributed by atoms with Crippen molar-refractivity contribution < 1.29 is 14.3 Å². The van der Waals surface area contributed by atoms with Crippen LogP contribution in [0, 0.1) is 0 Å². The molecule has 0 unspecified atom stereocenters. The molecule has 5 heteroatoms. The number of hydrogen-bond donors (Lipinski definition) is 1. The molecule has 0 saturated heterocycles. The molecule has 0 saturated carbocycles. The van der Waals surface area contributed by atoms with E-state index in [1.54, 1.807) is 18.3 Å². The molecule has 134 valence electrons. The third kappa shape index (κ3) is 3.77. The minimum absolute atomic E-state index is 0.221. The van der Waals surface area contributed by atoms with Gasteiger partial charge in [-0.25, -0.2) is 0 Å². The fraction of sp³-hybridized carbons (Fsp3) is 0.238. The van der Waals surface area contributed by atoms with E-state index in [0.29, 0.717) is 30.2 Å². The van der Waals surface area contributed by atoms with E-state index >= 15 is 0 Å². The number of anilines is 1. The van der Waals surface area contributed by atoms with Crippen molar-refractivity contribution in [1.82, 2.24) is 4.98 Å². The van der Waals surface area contributed by atoms with E-state index in [1.807, 2.05) is 43.3 Å². The number of rotatable bonds is 7. The molecule has 1 aromatic heterocycles. The van der Waals surface area contributed by atoms with Crippen molar-refractivity contribution in [3.63, 3.8) is 0 Å². The lowest BCUT2D eigenvalue weighted by Gasteiger charge is -2.14. The van der Waals surface area contributed by atoms with Crippen LogP contribution in [-0.2, 0) is 0 Å². The van der Waals surface area contributed by atoms with Gasteiger partial charge in [0, 0.05) is 11.6 Å². The SMILES string of the molecule is CCCOc1ccc(NC(=O)c2ccccc2OCC)c2cccnc12. The van der Waals surface area contributed by atoms with Crippen LogP contribution in [0.3, 0.4) is 0 Å². The summed E-state index contributed by atoms with van der Waals surface area (Å²) in [6, 6.07) is 14.7. The number of aromatic nitrogens is 1. The lowest BCUT2D eigenvalue weighted by molar-refractivity contribution is 0.102. The second-order valence-corrected chi connectivity index (χ2v) is 5.74. The van der Waals surface area contributed by atoms with Crippen molar-refractivity contribution in [2.45, 2.75) is 20.3 Å². The van der Waals surface area contributed by atoms with Crippen molar-refractivity contribution in [3.8, 4) is 11.5 Å². The molecule has 1 amide bonds. The Morgan fingerprint density at radius 3 is 2.65 bits per heavy atom. The zero-order valence-electron chi connectivity index (χ0n) is 15.0. The van der Waals surface area contributed by atoms with Gasteiger partial charge in [-0.1, -0.05) is 19.1 Å². The van der Waals surface area contributed by atoms with Crippen LogP contribution in [0.5, 0.6) is 11.5 Å². The average Bonchev–Trinajstić information content (AvgIpc) is 2.68. The van der Waals surface area contributed by atoms with Crippen LogP contribution in [0.25, 0.3) is 10.9 Å². The number of carbonyl (C=O) groups is 1. The summed E-state index contributed by atoms with van der Waals surface area (Å²) in [4.78, 5) is 17.2. The van der Waals surface area contributed by atoms with Crippen LogP contribution in [-0.4, -0.2) is 24.1 Å². The third-order valence-electron chi connectivity index (χ3n) is 3.87. The first kappa shape index (κ1) is 17.7. The molecule has 2 aromatic carbocycles. The van der Waals surface area contributed by atoms with Crippen LogP contribution in [0.15, 0.2) is 54.7 Å². The molecule has 1 N–H and O–H groups in total. The fourth-order valence-electron chi connectivity index (χ4n) is 2.71. The predicted octanol–water partition coefficient (Wildman–Crippen LogP) is 4.67. The average molecular weight is 350 g/mol. The summed E-state index contributed by atoms with van der Waals surface area (Å²) in [5.74, 6) is 1.06. The van der Waals surface area contributed by atoms with Gasteiger partial charge in [-0.05, 0) is 49.7 Å². The van der Waals surface area contributed by atoms with Crippen molar-refractivity contribution in [2.24, 2.45) is 0 Å². The zero-order valence-corrected chi connectivity index (χ0v) is 15.0. The Bertz CT molecular complexity index is 909. The van der Waals surface area contributed by atoms with E-state index < -0.39 is 0 Å². The molecule has 0 bridgehead atoms. The number of nitrogens with one attached hydrogen (secondary N) is 1. The summed E-state index contributed by atoms with van der Waals surface area (Å²) < 4.78 is 11.3. The van der Waals surface area contributed by atoms with Gasteiger partial charge >= 0.3 is 0 Å². The normalized spacial score (nSPS) is 10.5. The van der Waals surface area contributed by atoms with Crippen LogP contribution >= 0.6 is 0 Å². The monoisotopic (exact) mass is 350 g/mol. The van der Waals surface area contributed by atoms with E-state index in [2.05, 4.69) is 17.2 Å². The lowest BCUT2D eigenvalue weighted by Crippen LogP contribution is -2.14. The van der Waals surface area contributed by atoms with Crippen molar-refractivity contribution >= 4 is 22.5 Å². The predicted molar refractivity (Wildman–Crippen MR) is 103 cm³/mol. The minimum Gasteiger partial charge on any atom is -0.493 e. The van der Waals surface area contributed by atoms with E-state index in [0.717, 1.165) is 23.1 Å². The first-order chi connectivity index (χ1) is 12.7. The molecular weight excluding hydrogens is 328 g/mol. The zero-order chi connectivity index (χ0) is 18.4. The standard InChI is InChI=1S/C21H22N2O3/c1-3-14-26-19-12-11-17(15-9-7-13-22-20(15)19)23-21(24)16-8-5-6-10-18(16)25-4-2/h5-13H,3-4,14H2,1-2H3,(H,23,24). The Morgan fingerprint density at radius 2 is 1.85 bits per heavy atom. The molecule has 1 heterocycles. The summed E-state index contributed by atoms with van der Waals surface area (Å²) in [6.45, 7) is 5.07. The number of carbonyl (C=O) groups excluding carboxylic acids is 1. The topological polar surface area (TPSA) is 60.5 Å². The number of amides is 1. The third-order valence-corrected chi connectivity index (χ3v) is 3.87. The summed E-state index contributed by atoms with van der Waals surface area (Å²) in [7, 11) is 0. The van der Waals surface area contributed by atoms with Gasteiger partial charge in [-0.15, -0.1) is 0 Å². The highest BCUT2D eigenvalue weighted by molar-refractivity contribution is 6.10. The van der Waals surface area contributed by atoms with Gasteiger partial charge in [-0.2, -0.15) is 0 Å². The molecular formula is C21H22N2O3. The molecule has 0 spiro atoms. The maximum absolute atomic E-state index is 12.8. The Hall–Kier alpha value is -3.08. The largest absolute Gasteiger partial charge is 0.493 e. The van der Waals surface area contributed by atoms with Crippen molar-refractivity contribution in [2.75, 3.05) is 18.5 Å².